The molecule has 200 valence electrons. The summed E-state index contributed by atoms with van der Waals surface area (Å²) < 4.78 is 3.82. The summed E-state index contributed by atoms with van der Waals surface area (Å²) >= 11 is 0. The van der Waals surface area contributed by atoms with E-state index in [1.54, 1.807) is 4.57 Å². The lowest BCUT2D eigenvalue weighted by atomic mass is 9.98. The maximum atomic E-state index is 13.8. The molecular formula is C31H30N8O. The van der Waals surface area contributed by atoms with Gasteiger partial charge in [-0.3, -0.25) is 4.79 Å². The molecule has 9 heteroatoms. The molecule has 3 N–H and O–H groups in total. The van der Waals surface area contributed by atoms with E-state index in [2.05, 4.69) is 62.4 Å². The molecule has 0 unspecified atom stereocenters. The van der Waals surface area contributed by atoms with Crippen molar-refractivity contribution in [3.8, 4) is 22.5 Å². The lowest BCUT2D eigenvalue weighted by Gasteiger charge is -2.12. The van der Waals surface area contributed by atoms with Gasteiger partial charge >= 0.3 is 0 Å². The Morgan fingerprint density at radius 2 is 1.73 bits per heavy atom. The number of imidazole rings is 1. The lowest BCUT2D eigenvalue weighted by Crippen LogP contribution is -2.22. The number of H-pyrrole nitrogens is 1. The molecule has 0 amide bonds. The molecule has 9 nitrogen and oxygen atoms in total. The monoisotopic (exact) mass is 530 g/mol. The number of pyridine rings is 1. The summed E-state index contributed by atoms with van der Waals surface area (Å²) in [5.41, 5.74) is 13.0. The van der Waals surface area contributed by atoms with Crippen molar-refractivity contribution < 1.29 is 0 Å². The molecule has 0 atom stereocenters. The highest BCUT2D eigenvalue weighted by molar-refractivity contribution is 5.80. The van der Waals surface area contributed by atoms with Gasteiger partial charge in [0.1, 0.15) is 11.3 Å². The van der Waals surface area contributed by atoms with Crippen LogP contribution in [0.5, 0.6) is 0 Å². The number of nitrogen functional groups attached to an aromatic ring is 1. The summed E-state index contributed by atoms with van der Waals surface area (Å²) in [5.74, 6) is 1.49. The average molecular weight is 531 g/mol. The quantitative estimate of drug-likeness (QED) is 0.252. The second-order valence-corrected chi connectivity index (χ2v) is 9.92. The van der Waals surface area contributed by atoms with E-state index in [0.717, 1.165) is 58.4 Å². The Hall–Kier alpha value is -5.05. The first-order valence-electron chi connectivity index (χ1n) is 13.5. The summed E-state index contributed by atoms with van der Waals surface area (Å²) in [7, 11) is 0. The number of anilines is 1. The van der Waals surface area contributed by atoms with Gasteiger partial charge in [0, 0.05) is 30.4 Å². The molecule has 40 heavy (non-hydrogen) atoms. The van der Waals surface area contributed by atoms with Crippen molar-refractivity contribution in [1.29, 1.82) is 0 Å². The van der Waals surface area contributed by atoms with Gasteiger partial charge in [0.15, 0.2) is 0 Å². The van der Waals surface area contributed by atoms with Gasteiger partial charge in [-0.1, -0.05) is 74.0 Å². The lowest BCUT2D eigenvalue weighted by molar-refractivity contribution is 0.684. The first-order chi connectivity index (χ1) is 19.6. The molecule has 0 radical (unpaired) electrons. The van der Waals surface area contributed by atoms with E-state index < -0.39 is 0 Å². The molecule has 3 aromatic carbocycles. The van der Waals surface area contributed by atoms with Crippen LogP contribution >= 0.6 is 0 Å². The molecule has 0 bridgehead atoms. The summed E-state index contributed by atoms with van der Waals surface area (Å²) in [6.45, 7) is 3.17. The molecule has 0 saturated carbocycles. The van der Waals surface area contributed by atoms with Crippen LogP contribution < -0.4 is 11.3 Å². The number of fused-ring (bicyclic) bond motifs is 1. The fourth-order valence-electron chi connectivity index (χ4n) is 5.11. The minimum Gasteiger partial charge on any atom is -0.399 e. The Kier molecular flexibility index (Phi) is 6.93. The van der Waals surface area contributed by atoms with Crippen molar-refractivity contribution in [3.63, 3.8) is 0 Å². The average Bonchev–Trinajstić information content (AvgIpc) is 3.63. The summed E-state index contributed by atoms with van der Waals surface area (Å²) in [6.07, 6.45) is 4.70. The fraction of sp³-hybridized carbons (Fsp3) is 0.194. The molecular weight excluding hydrogens is 500 g/mol. The third kappa shape index (κ3) is 5.01. The van der Waals surface area contributed by atoms with Crippen molar-refractivity contribution in [2.24, 2.45) is 0 Å². The van der Waals surface area contributed by atoms with Crippen molar-refractivity contribution in [2.75, 3.05) is 5.73 Å². The number of tetrazole rings is 1. The topological polar surface area (TPSA) is 120 Å². The largest absolute Gasteiger partial charge is 0.399 e. The molecule has 6 rings (SSSR count). The van der Waals surface area contributed by atoms with Gasteiger partial charge in [-0.05, 0) is 52.1 Å². The van der Waals surface area contributed by atoms with Gasteiger partial charge in [-0.2, -0.15) is 5.21 Å². The molecule has 0 aliphatic rings. The van der Waals surface area contributed by atoms with E-state index in [0.29, 0.717) is 30.1 Å². The molecule has 0 spiro atoms. The van der Waals surface area contributed by atoms with E-state index in [1.807, 2.05) is 54.7 Å². The van der Waals surface area contributed by atoms with Crippen molar-refractivity contribution >= 4 is 16.7 Å². The van der Waals surface area contributed by atoms with Gasteiger partial charge in [0.05, 0.1) is 12.1 Å². The van der Waals surface area contributed by atoms with E-state index in [9.17, 15) is 4.79 Å². The SMILES string of the molecule is CCCCc1nc2ccn(Cc3cccc(N)c3)c(=O)c2n1Cc1ccc(-c2ccccc2-c2nn[nH]n2)cc1. The molecule has 6 aromatic rings. The van der Waals surface area contributed by atoms with Crippen LogP contribution in [0.2, 0.25) is 0 Å². The Morgan fingerprint density at radius 3 is 2.48 bits per heavy atom. The second-order valence-electron chi connectivity index (χ2n) is 9.92. The number of unbranched alkanes of at least 4 members (excludes halogenated alkanes) is 1. The summed E-state index contributed by atoms with van der Waals surface area (Å²) in [6, 6.07) is 26.0. The Labute approximate surface area is 231 Å². The smallest absolute Gasteiger partial charge is 0.277 e. The predicted octanol–water partition coefficient (Wildman–Crippen LogP) is 5.07. The molecule has 0 aliphatic heterocycles. The highest BCUT2D eigenvalue weighted by atomic mass is 16.1. The molecule has 3 heterocycles. The third-order valence-electron chi connectivity index (χ3n) is 7.13. The van der Waals surface area contributed by atoms with Gasteiger partial charge in [0.25, 0.3) is 5.56 Å². The van der Waals surface area contributed by atoms with Gasteiger partial charge in [-0.15, -0.1) is 10.2 Å². The van der Waals surface area contributed by atoms with Crippen LogP contribution in [0.4, 0.5) is 5.69 Å². The highest BCUT2D eigenvalue weighted by Crippen LogP contribution is 2.30. The van der Waals surface area contributed by atoms with Crippen LogP contribution in [0.15, 0.2) is 89.9 Å². The normalized spacial score (nSPS) is 11.3. The molecule has 3 aromatic heterocycles. The zero-order chi connectivity index (χ0) is 27.5. The maximum Gasteiger partial charge on any atom is 0.277 e. The van der Waals surface area contributed by atoms with Crippen LogP contribution in [0, 0.1) is 0 Å². The second kappa shape index (κ2) is 11.0. The number of rotatable bonds is 9. The predicted molar refractivity (Wildman–Crippen MR) is 157 cm³/mol. The molecule has 0 aliphatic carbocycles. The zero-order valence-corrected chi connectivity index (χ0v) is 22.3. The number of nitrogens with two attached hydrogens (primary N) is 1. The van der Waals surface area contributed by atoms with E-state index in [4.69, 9.17) is 10.7 Å². The Morgan fingerprint density at radius 1 is 0.900 bits per heavy atom. The highest BCUT2D eigenvalue weighted by Gasteiger charge is 2.17. The van der Waals surface area contributed by atoms with E-state index in [-0.39, 0.29) is 5.56 Å². The van der Waals surface area contributed by atoms with Gasteiger partial charge < -0.3 is 14.9 Å². The Balaban J connectivity index is 1.36. The number of hydrogen-bond acceptors (Lipinski definition) is 6. The molecule has 0 fully saturated rings. The van der Waals surface area contributed by atoms with Crippen molar-refractivity contribution in [3.05, 3.63) is 112 Å². The van der Waals surface area contributed by atoms with Gasteiger partial charge in [-0.25, -0.2) is 4.98 Å². The number of aromatic nitrogens is 7. The van der Waals surface area contributed by atoms with Gasteiger partial charge in [0.2, 0.25) is 5.82 Å². The van der Waals surface area contributed by atoms with Crippen LogP contribution in [-0.4, -0.2) is 34.7 Å². The number of benzene rings is 3. The minimum absolute atomic E-state index is 0.0548. The van der Waals surface area contributed by atoms with Crippen LogP contribution in [0.25, 0.3) is 33.5 Å². The fourth-order valence-corrected chi connectivity index (χ4v) is 5.11. The number of hydrogen-bond donors (Lipinski definition) is 2. The summed E-state index contributed by atoms with van der Waals surface area (Å²) in [4.78, 5) is 18.6. The van der Waals surface area contributed by atoms with Crippen LogP contribution in [0.3, 0.4) is 0 Å². The first kappa shape index (κ1) is 25.2. The minimum atomic E-state index is -0.0548. The van der Waals surface area contributed by atoms with Crippen molar-refractivity contribution in [1.82, 2.24) is 34.7 Å². The number of nitrogens with one attached hydrogen (secondary N) is 1. The number of nitrogens with zero attached hydrogens (tertiary/aromatic N) is 6. The number of aryl methyl sites for hydroxylation is 1. The van der Waals surface area contributed by atoms with E-state index in [1.165, 1.54) is 0 Å². The van der Waals surface area contributed by atoms with E-state index >= 15 is 0 Å². The standard InChI is InChI=1S/C31H30N8O/c1-2-3-11-28-33-27-16-17-38(19-22-7-6-8-24(32)18-22)31(40)29(27)39(28)20-21-12-14-23(15-13-21)25-9-4-5-10-26(25)30-34-36-37-35-30/h4-10,12-18H,2-3,11,19-20,32H2,1H3,(H,34,35,36,37). The maximum absolute atomic E-state index is 13.8. The first-order valence-corrected chi connectivity index (χ1v) is 13.5. The van der Waals surface area contributed by atoms with Crippen LogP contribution in [-0.2, 0) is 19.5 Å². The van der Waals surface area contributed by atoms with Crippen LogP contribution in [0.1, 0.15) is 36.7 Å². The number of aromatic amines is 1. The zero-order valence-electron chi connectivity index (χ0n) is 22.3. The summed E-state index contributed by atoms with van der Waals surface area (Å²) in [5, 5.41) is 14.5. The van der Waals surface area contributed by atoms with Crippen molar-refractivity contribution in [2.45, 2.75) is 39.3 Å². The third-order valence-corrected chi connectivity index (χ3v) is 7.13. The Bertz CT molecular complexity index is 1820. The molecule has 0 saturated heterocycles.